The van der Waals surface area contributed by atoms with Crippen molar-refractivity contribution < 1.29 is 13.2 Å². The van der Waals surface area contributed by atoms with Crippen molar-refractivity contribution in [3.8, 4) is 0 Å². The number of hydrogen-bond acceptors (Lipinski definition) is 3. The van der Waals surface area contributed by atoms with E-state index in [0.29, 0.717) is 0 Å². The molecule has 0 heterocycles. The van der Waals surface area contributed by atoms with Crippen LogP contribution in [0.5, 0.6) is 0 Å². The summed E-state index contributed by atoms with van der Waals surface area (Å²) in [7, 11) is -2.43. The molecule has 0 fully saturated rings. The zero-order valence-electron chi connectivity index (χ0n) is 13.8. The van der Waals surface area contributed by atoms with Crippen LogP contribution in [0, 0.1) is 0 Å². The number of halogens is 1. The summed E-state index contributed by atoms with van der Waals surface area (Å²) in [4.78, 5) is 12.5. The van der Waals surface area contributed by atoms with Crippen LogP contribution in [-0.2, 0) is 16.4 Å². The maximum atomic E-state index is 12.6. The molecule has 3 rings (SSSR count). The summed E-state index contributed by atoms with van der Waals surface area (Å²) < 4.78 is 26.3. The number of carbonyl (C=O) groups is 1. The molecule has 25 heavy (non-hydrogen) atoms. The molecule has 0 bridgehead atoms. The predicted octanol–water partition coefficient (Wildman–Crippen LogP) is 3.06. The highest BCUT2D eigenvalue weighted by molar-refractivity contribution is 7.89. The van der Waals surface area contributed by atoms with Crippen LogP contribution in [0.1, 0.15) is 40.4 Å². The third-order valence-corrected chi connectivity index (χ3v) is 6.32. The van der Waals surface area contributed by atoms with E-state index in [1.54, 1.807) is 0 Å². The van der Waals surface area contributed by atoms with E-state index in [1.165, 1.54) is 30.8 Å². The number of rotatable bonds is 4. The Hall–Kier alpha value is -1.89. The SMILES string of the molecule is CNS(=O)(=O)c1cc(C(=O)N[C@@H]2CCCc3ccccc32)ccc1Cl. The molecule has 1 aliphatic carbocycles. The second-order valence-corrected chi connectivity index (χ2v) is 8.23. The fraction of sp³-hybridized carbons (Fsp3) is 0.278. The molecule has 2 aromatic carbocycles. The molecule has 1 amide bonds. The molecular formula is C18H19ClN2O3S. The number of fused-ring (bicyclic) bond motifs is 1. The minimum atomic E-state index is -3.73. The summed E-state index contributed by atoms with van der Waals surface area (Å²) in [6.45, 7) is 0. The molecule has 5 nitrogen and oxygen atoms in total. The lowest BCUT2D eigenvalue weighted by Gasteiger charge is -2.26. The summed E-state index contributed by atoms with van der Waals surface area (Å²) in [6.07, 6.45) is 2.87. The van der Waals surface area contributed by atoms with Gasteiger partial charge in [-0.25, -0.2) is 13.1 Å². The second kappa shape index (κ2) is 7.15. The van der Waals surface area contributed by atoms with Crippen LogP contribution >= 0.6 is 11.6 Å². The first-order chi connectivity index (χ1) is 11.9. The topological polar surface area (TPSA) is 75.3 Å². The van der Waals surface area contributed by atoms with E-state index in [9.17, 15) is 13.2 Å². The van der Waals surface area contributed by atoms with Gasteiger partial charge in [-0.1, -0.05) is 35.9 Å². The lowest BCUT2D eigenvalue weighted by Crippen LogP contribution is -2.31. The van der Waals surface area contributed by atoms with E-state index >= 15 is 0 Å². The van der Waals surface area contributed by atoms with Gasteiger partial charge in [0.15, 0.2) is 0 Å². The van der Waals surface area contributed by atoms with E-state index in [2.05, 4.69) is 16.1 Å². The number of aryl methyl sites for hydroxylation is 1. The van der Waals surface area contributed by atoms with Gasteiger partial charge in [-0.05, 0) is 55.6 Å². The van der Waals surface area contributed by atoms with Gasteiger partial charge in [0, 0.05) is 5.56 Å². The Kier molecular flexibility index (Phi) is 5.13. The zero-order chi connectivity index (χ0) is 18.0. The summed E-state index contributed by atoms with van der Waals surface area (Å²) in [5.74, 6) is -0.314. The molecule has 0 saturated heterocycles. The van der Waals surface area contributed by atoms with Crippen molar-refractivity contribution in [3.05, 3.63) is 64.2 Å². The Morgan fingerprint density at radius 1 is 1.20 bits per heavy atom. The number of benzene rings is 2. The second-order valence-electron chi connectivity index (χ2n) is 5.97. The number of hydrogen-bond donors (Lipinski definition) is 2. The molecule has 2 aromatic rings. The minimum absolute atomic E-state index is 0.0718. The van der Waals surface area contributed by atoms with E-state index in [-0.39, 0.29) is 27.4 Å². The molecule has 2 N–H and O–H groups in total. The van der Waals surface area contributed by atoms with Crippen LogP contribution in [0.15, 0.2) is 47.4 Å². The van der Waals surface area contributed by atoms with Crippen molar-refractivity contribution in [2.24, 2.45) is 0 Å². The van der Waals surface area contributed by atoms with Crippen LogP contribution in [0.25, 0.3) is 0 Å². The van der Waals surface area contributed by atoms with Gasteiger partial charge in [-0.2, -0.15) is 0 Å². The van der Waals surface area contributed by atoms with Crippen molar-refractivity contribution in [2.75, 3.05) is 7.05 Å². The monoisotopic (exact) mass is 378 g/mol. The molecule has 1 atom stereocenters. The van der Waals surface area contributed by atoms with E-state index in [0.717, 1.165) is 24.8 Å². The first-order valence-corrected chi connectivity index (χ1v) is 9.90. The molecule has 0 spiro atoms. The smallest absolute Gasteiger partial charge is 0.251 e. The van der Waals surface area contributed by atoms with Gasteiger partial charge >= 0.3 is 0 Å². The molecular weight excluding hydrogens is 360 g/mol. The third kappa shape index (κ3) is 3.71. The Morgan fingerprint density at radius 2 is 1.96 bits per heavy atom. The van der Waals surface area contributed by atoms with Gasteiger partial charge in [0.2, 0.25) is 10.0 Å². The normalized spacial score (nSPS) is 17.0. The average molecular weight is 379 g/mol. The van der Waals surface area contributed by atoms with Crippen LogP contribution < -0.4 is 10.0 Å². The summed E-state index contributed by atoms with van der Waals surface area (Å²) in [5.41, 5.74) is 2.63. The highest BCUT2D eigenvalue weighted by Gasteiger charge is 2.23. The first-order valence-electron chi connectivity index (χ1n) is 8.04. The number of sulfonamides is 1. The van der Waals surface area contributed by atoms with Crippen LogP contribution in [0.4, 0.5) is 0 Å². The van der Waals surface area contributed by atoms with Crippen molar-refractivity contribution in [2.45, 2.75) is 30.2 Å². The van der Waals surface area contributed by atoms with Crippen molar-refractivity contribution in [1.29, 1.82) is 0 Å². The summed E-state index contributed by atoms with van der Waals surface area (Å²) in [5, 5.41) is 3.09. The Labute approximate surface area is 152 Å². The zero-order valence-corrected chi connectivity index (χ0v) is 15.3. The molecule has 0 saturated carbocycles. The van der Waals surface area contributed by atoms with Gasteiger partial charge in [0.25, 0.3) is 5.91 Å². The van der Waals surface area contributed by atoms with E-state index < -0.39 is 10.0 Å². The van der Waals surface area contributed by atoms with Gasteiger partial charge in [-0.15, -0.1) is 0 Å². The lowest BCUT2D eigenvalue weighted by atomic mass is 9.87. The summed E-state index contributed by atoms with van der Waals surface area (Å²) in [6, 6.07) is 12.2. The largest absolute Gasteiger partial charge is 0.345 e. The van der Waals surface area contributed by atoms with Crippen molar-refractivity contribution >= 4 is 27.5 Å². The highest BCUT2D eigenvalue weighted by Crippen LogP contribution is 2.30. The van der Waals surface area contributed by atoms with E-state index in [4.69, 9.17) is 11.6 Å². The molecule has 7 heteroatoms. The fourth-order valence-corrected chi connectivity index (χ4v) is 4.35. The Bertz CT molecular complexity index is 912. The first kappa shape index (κ1) is 17.9. The highest BCUT2D eigenvalue weighted by atomic mass is 35.5. The maximum Gasteiger partial charge on any atom is 0.251 e. The molecule has 0 radical (unpaired) electrons. The van der Waals surface area contributed by atoms with Gasteiger partial charge in [-0.3, -0.25) is 4.79 Å². The molecule has 0 aromatic heterocycles. The van der Waals surface area contributed by atoms with Crippen molar-refractivity contribution in [3.63, 3.8) is 0 Å². The Balaban J connectivity index is 1.87. The van der Waals surface area contributed by atoms with Gasteiger partial charge in [0.1, 0.15) is 4.90 Å². The van der Waals surface area contributed by atoms with Crippen LogP contribution in [-0.4, -0.2) is 21.4 Å². The number of amides is 1. The average Bonchev–Trinajstić information content (AvgIpc) is 2.62. The Morgan fingerprint density at radius 3 is 2.72 bits per heavy atom. The standard InChI is InChI=1S/C18H19ClN2O3S/c1-20-25(23,24)17-11-13(9-10-15(17)19)18(22)21-16-8-4-6-12-5-2-3-7-14(12)16/h2-3,5,7,9-11,16,20H,4,6,8H2,1H3,(H,21,22)/t16-/m1/s1. The minimum Gasteiger partial charge on any atom is -0.345 e. The van der Waals surface area contributed by atoms with E-state index in [1.807, 2.05) is 18.2 Å². The third-order valence-electron chi connectivity index (χ3n) is 4.43. The van der Waals surface area contributed by atoms with Crippen LogP contribution in [0.3, 0.4) is 0 Å². The quantitative estimate of drug-likeness (QED) is 0.858. The maximum absolute atomic E-state index is 12.6. The lowest BCUT2D eigenvalue weighted by molar-refractivity contribution is 0.0932. The predicted molar refractivity (Wildman–Crippen MR) is 97.3 cm³/mol. The molecule has 0 aliphatic heterocycles. The molecule has 1 aliphatic rings. The molecule has 0 unspecified atom stereocenters. The number of carbonyl (C=O) groups excluding carboxylic acids is 1. The molecule has 132 valence electrons. The van der Waals surface area contributed by atoms with Gasteiger partial charge in [0.05, 0.1) is 11.1 Å². The van der Waals surface area contributed by atoms with Crippen LogP contribution in [0.2, 0.25) is 5.02 Å². The van der Waals surface area contributed by atoms with Crippen molar-refractivity contribution in [1.82, 2.24) is 10.0 Å². The summed E-state index contributed by atoms with van der Waals surface area (Å²) >= 11 is 5.97. The fourth-order valence-electron chi connectivity index (χ4n) is 3.11. The number of nitrogens with one attached hydrogen (secondary N) is 2. The van der Waals surface area contributed by atoms with Gasteiger partial charge < -0.3 is 5.32 Å².